The van der Waals surface area contributed by atoms with Crippen LogP contribution in [0.4, 0.5) is 11.4 Å². The lowest BCUT2D eigenvalue weighted by atomic mass is 10.2. The number of benzene rings is 2. The molecule has 0 aliphatic carbocycles. The number of amides is 2. The first-order valence-corrected chi connectivity index (χ1v) is 8.72. The predicted octanol–water partition coefficient (Wildman–Crippen LogP) is 3.55. The highest BCUT2D eigenvalue weighted by atomic mass is 16.5. The zero-order valence-electron chi connectivity index (χ0n) is 15.5. The minimum Gasteiger partial charge on any atom is -0.504 e. The minimum atomic E-state index is -0.397. The maximum absolute atomic E-state index is 12.1. The third-order valence-electron chi connectivity index (χ3n) is 3.74. The van der Waals surface area contributed by atoms with Crippen LogP contribution in [0.3, 0.4) is 0 Å². The number of para-hydroxylation sites is 2. The summed E-state index contributed by atoms with van der Waals surface area (Å²) in [6, 6.07) is 11.4. The fourth-order valence-electron chi connectivity index (χ4n) is 2.35. The Hall–Kier alpha value is -3.22. The Labute approximate surface area is 158 Å². The first-order valence-electron chi connectivity index (χ1n) is 8.72. The first kappa shape index (κ1) is 20.1. The van der Waals surface area contributed by atoms with Gasteiger partial charge < -0.3 is 25.2 Å². The van der Waals surface area contributed by atoms with Crippen molar-refractivity contribution in [3.05, 3.63) is 42.5 Å². The molecule has 2 aromatic carbocycles. The Morgan fingerprint density at radius 2 is 1.81 bits per heavy atom. The lowest BCUT2D eigenvalue weighted by molar-refractivity contribution is -0.118. The van der Waals surface area contributed by atoms with Gasteiger partial charge in [-0.25, -0.2) is 0 Å². The zero-order valence-corrected chi connectivity index (χ0v) is 15.5. The molecule has 0 aliphatic rings. The Bertz CT molecular complexity index is 792. The third kappa shape index (κ3) is 6.22. The van der Waals surface area contributed by atoms with Gasteiger partial charge in [-0.15, -0.1) is 0 Å². The van der Waals surface area contributed by atoms with Crippen LogP contribution in [0.25, 0.3) is 0 Å². The van der Waals surface area contributed by atoms with E-state index >= 15 is 0 Å². The van der Waals surface area contributed by atoms with Crippen molar-refractivity contribution in [3.8, 4) is 17.2 Å². The summed E-state index contributed by atoms with van der Waals surface area (Å²) in [5, 5.41) is 15.1. The Kier molecular flexibility index (Phi) is 7.49. The van der Waals surface area contributed by atoms with Gasteiger partial charge in [-0.3, -0.25) is 9.59 Å². The molecular formula is C20H24N2O5. The normalized spacial score (nSPS) is 10.1. The number of phenols is 1. The molecule has 0 saturated carbocycles. The molecule has 2 rings (SSSR count). The number of carbonyl (C=O) groups excluding carboxylic acids is 2. The van der Waals surface area contributed by atoms with Crippen molar-refractivity contribution in [2.24, 2.45) is 0 Å². The molecule has 7 heteroatoms. The maximum Gasteiger partial charge on any atom is 0.262 e. The van der Waals surface area contributed by atoms with Crippen molar-refractivity contribution in [2.75, 3.05) is 24.4 Å². The summed E-state index contributed by atoms with van der Waals surface area (Å²) < 4.78 is 10.5. The van der Waals surface area contributed by atoms with Crippen LogP contribution in [0.5, 0.6) is 17.2 Å². The Morgan fingerprint density at radius 1 is 1.04 bits per heavy atom. The van der Waals surface area contributed by atoms with Gasteiger partial charge in [0.25, 0.3) is 5.91 Å². The maximum atomic E-state index is 12.1. The Balaban J connectivity index is 1.99. The molecule has 2 amide bonds. The molecule has 0 fully saturated rings. The number of nitrogens with one attached hydrogen (secondary N) is 2. The van der Waals surface area contributed by atoms with Crippen molar-refractivity contribution in [1.82, 2.24) is 0 Å². The van der Waals surface area contributed by atoms with E-state index in [-0.39, 0.29) is 24.0 Å². The van der Waals surface area contributed by atoms with Crippen LogP contribution in [0, 0.1) is 0 Å². The van der Waals surface area contributed by atoms with Gasteiger partial charge in [-0.1, -0.05) is 25.5 Å². The summed E-state index contributed by atoms with van der Waals surface area (Å²) in [6.07, 6.45) is 2.15. The fraction of sp³-hybridized carbons (Fsp3) is 0.300. The summed E-state index contributed by atoms with van der Waals surface area (Å²) in [5.74, 6) is 0.189. The quantitative estimate of drug-likeness (QED) is 0.625. The van der Waals surface area contributed by atoms with Gasteiger partial charge >= 0.3 is 0 Å². The summed E-state index contributed by atoms with van der Waals surface area (Å²) in [4.78, 5) is 24.1. The van der Waals surface area contributed by atoms with Crippen molar-refractivity contribution < 1.29 is 24.2 Å². The number of anilines is 2. The predicted molar refractivity (Wildman–Crippen MR) is 103 cm³/mol. The highest BCUT2D eigenvalue weighted by molar-refractivity contribution is 5.95. The fourth-order valence-corrected chi connectivity index (χ4v) is 2.35. The summed E-state index contributed by atoms with van der Waals surface area (Å²) >= 11 is 0. The molecule has 0 atom stereocenters. The van der Waals surface area contributed by atoms with Crippen LogP contribution in [0.2, 0.25) is 0 Å². The number of rotatable bonds is 9. The molecule has 0 bridgehead atoms. The van der Waals surface area contributed by atoms with E-state index in [4.69, 9.17) is 9.47 Å². The van der Waals surface area contributed by atoms with Crippen LogP contribution >= 0.6 is 0 Å². The van der Waals surface area contributed by atoms with Crippen LogP contribution in [-0.4, -0.2) is 30.6 Å². The molecule has 144 valence electrons. The van der Waals surface area contributed by atoms with Gasteiger partial charge in [0.1, 0.15) is 5.75 Å². The molecule has 0 unspecified atom stereocenters. The lowest BCUT2D eigenvalue weighted by Crippen LogP contribution is -2.20. The number of carbonyl (C=O) groups is 2. The molecular weight excluding hydrogens is 348 g/mol. The highest BCUT2D eigenvalue weighted by Gasteiger charge is 2.11. The van der Waals surface area contributed by atoms with Gasteiger partial charge in [0.15, 0.2) is 18.1 Å². The second-order valence-electron chi connectivity index (χ2n) is 5.87. The molecule has 7 nitrogen and oxygen atoms in total. The number of aromatic hydroxyl groups is 1. The average molecular weight is 372 g/mol. The van der Waals surface area contributed by atoms with Crippen LogP contribution in [0.1, 0.15) is 26.2 Å². The topological polar surface area (TPSA) is 96.9 Å². The summed E-state index contributed by atoms with van der Waals surface area (Å²) in [6.45, 7) is 1.75. The van der Waals surface area contributed by atoms with Crippen LogP contribution in [0.15, 0.2) is 42.5 Å². The molecule has 0 aromatic heterocycles. The van der Waals surface area contributed by atoms with Crippen molar-refractivity contribution in [2.45, 2.75) is 26.2 Å². The van der Waals surface area contributed by atoms with E-state index in [0.29, 0.717) is 23.5 Å². The van der Waals surface area contributed by atoms with Gasteiger partial charge in [0, 0.05) is 12.1 Å². The van der Waals surface area contributed by atoms with E-state index in [1.54, 1.807) is 36.4 Å². The molecule has 0 saturated heterocycles. The first-order chi connectivity index (χ1) is 13.0. The number of hydrogen-bond acceptors (Lipinski definition) is 5. The van der Waals surface area contributed by atoms with Gasteiger partial charge in [-0.2, -0.15) is 0 Å². The number of methoxy groups -OCH3 is 1. The lowest BCUT2D eigenvalue weighted by Gasteiger charge is -2.13. The Morgan fingerprint density at radius 3 is 2.52 bits per heavy atom. The van der Waals surface area contributed by atoms with E-state index < -0.39 is 5.91 Å². The molecule has 0 spiro atoms. The largest absolute Gasteiger partial charge is 0.504 e. The van der Waals surface area contributed by atoms with E-state index in [9.17, 15) is 14.7 Å². The highest BCUT2D eigenvalue weighted by Crippen LogP contribution is 2.28. The van der Waals surface area contributed by atoms with Crippen molar-refractivity contribution >= 4 is 23.2 Å². The van der Waals surface area contributed by atoms with Gasteiger partial charge in [-0.05, 0) is 36.8 Å². The number of hydrogen-bond donors (Lipinski definition) is 3. The SMILES string of the molecule is CCCCC(=O)Nc1cc(NC(=O)COc2ccccc2O)ccc1OC. The molecule has 0 aliphatic heterocycles. The second kappa shape index (κ2) is 10.1. The van der Waals surface area contributed by atoms with Gasteiger partial charge in [0.2, 0.25) is 5.91 Å². The number of unbranched alkanes of at least 4 members (excludes halogenated alkanes) is 1. The smallest absolute Gasteiger partial charge is 0.262 e. The summed E-state index contributed by atoms with van der Waals surface area (Å²) in [7, 11) is 1.51. The molecule has 3 N–H and O–H groups in total. The number of ether oxygens (including phenoxy) is 2. The van der Waals surface area contributed by atoms with Crippen molar-refractivity contribution in [3.63, 3.8) is 0 Å². The second-order valence-corrected chi connectivity index (χ2v) is 5.87. The number of phenolic OH excluding ortho intramolecular Hbond substituents is 1. The standard InChI is InChI=1S/C20H24N2O5/c1-3-4-9-19(24)22-15-12-14(10-11-17(15)26-2)21-20(25)13-27-18-8-6-5-7-16(18)23/h5-8,10-12,23H,3-4,9,13H2,1-2H3,(H,21,25)(H,22,24). The molecule has 27 heavy (non-hydrogen) atoms. The summed E-state index contributed by atoms with van der Waals surface area (Å²) in [5.41, 5.74) is 0.977. The van der Waals surface area contributed by atoms with E-state index in [1.165, 1.54) is 13.2 Å². The van der Waals surface area contributed by atoms with Crippen LogP contribution < -0.4 is 20.1 Å². The third-order valence-corrected chi connectivity index (χ3v) is 3.74. The molecule has 2 aromatic rings. The van der Waals surface area contributed by atoms with Crippen LogP contribution in [-0.2, 0) is 9.59 Å². The van der Waals surface area contributed by atoms with E-state index in [1.807, 2.05) is 6.92 Å². The van der Waals surface area contributed by atoms with Crippen molar-refractivity contribution in [1.29, 1.82) is 0 Å². The zero-order chi connectivity index (χ0) is 19.6. The average Bonchev–Trinajstić information content (AvgIpc) is 2.66. The monoisotopic (exact) mass is 372 g/mol. The minimum absolute atomic E-state index is 0.0353. The van der Waals surface area contributed by atoms with Gasteiger partial charge in [0.05, 0.1) is 12.8 Å². The molecule has 0 radical (unpaired) electrons. The van der Waals surface area contributed by atoms with E-state index in [0.717, 1.165) is 12.8 Å². The van der Waals surface area contributed by atoms with E-state index in [2.05, 4.69) is 10.6 Å². The molecule has 0 heterocycles.